The third-order valence-electron chi connectivity index (χ3n) is 1.95. The van der Waals surface area contributed by atoms with Crippen molar-refractivity contribution in [3.8, 4) is 0 Å². The molecule has 1 heterocycles. The second kappa shape index (κ2) is 7.64. The predicted octanol–water partition coefficient (Wildman–Crippen LogP) is -4.07. The molecule has 0 saturated heterocycles. The van der Waals surface area contributed by atoms with Crippen molar-refractivity contribution >= 4 is 0 Å². The van der Waals surface area contributed by atoms with Crippen LogP contribution in [0, 0.1) is 0 Å². The fraction of sp³-hybridized carbons (Fsp3) is 0.667. The van der Waals surface area contributed by atoms with Gasteiger partial charge in [-0.2, -0.15) is 0 Å². The molecular formula is C9H20ClN5. The number of hydrogen-bond donors (Lipinski definition) is 2. The first kappa shape index (κ1) is 14.4. The molecule has 0 spiro atoms. The smallest absolute Gasteiger partial charge is 0.244 e. The summed E-state index contributed by atoms with van der Waals surface area (Å²) in [6, 6.07) is 0. The van der Waals surface area contributed by atoms with Gasteiger partial charge in [0.25, 0.3) is 0 Å². The first-order chi connectivity index (χ1) is 6.76. The highest BCUT2D eigenvalue weighted by molar-refractivity contribution is 4.66. The lowest BCUT2D eigenvalue weighted by Crippen LogP contribution is -3.00. The summed E-state index contributed by atoms with van der Waals surface area (Å²) in [6.45, 7) is 2.65. The van der Waals surface area contributed by atoms with Crippen molar-refractivity contribution < 1.29 is 17.0 Å². The lowest BCUT2D eigenvalue weighted by Gasteiger charge is -2.18. The summed E-state index contributed by atoms with van der Waals surface area (Å²) in [4.78, 5) is 2.26. The summed E-state index contributed by atoms with van der Waals surface area (Å²) in [6.07, 6.45) is 6.17. The molecule has 0 aliphatic heterocycles. The molecule has 5 nitrogen and oxygen atoms in total. The van der Waals surface area contributed by atoms with Crippen LogP contribution in [0.3, 0.4) is 0 Å². The average molecular weight is 234 g/mol. The van der Waals surface area contributed by atoms with Crippen molar-refractivity contribution in [2.45, 2.75) is 6.67 Å². The van der Waals surface area contributed by atoms with Gasteiger partial charge in [-0.3, -0.25) is 0 Å². The highest BCUT2D eigenvalue weighted by Gasteiger charge is 2.06. The predicted molar refractivity (Wildman–Crippen MR) is 55.3 cm³/mol. The van der Waals surface area contributed by atoms with E-state index >= 15 is 0 Å². The highest BCUT2D eigenvalue weighted by Crippen LogP contribution is 1.90. The molecule has 0 saturated carbocycles. The molecule has 0 fully saturated rings. The summed E-state index contributed by atoms with van der Waals surface area (Å²) >= 11 is 0. The van der Waals surface area contributed by atoms with Crippen LogP contribution in [0.1, 0.15) is 0 Å². The normalized spacial score (nSPS) is 10.4. The molecule has 0 atom stereocenters. The van der Waals surface area contributed by atoms with E-state index in [1.54, 1.807) is 0 Å². The zero-order valence-electron chi connectivity index (χ0n) is 9.57. The van der Waals surface area contributed by atoms with Crippen molar-refractivity contribution in [1.29, 1.82) is 0 Å². The van der Waals surface area contributed by atoms with Crippen LogP contribution in [0.2, 0.25) is 0 Å². The standard InChI is InChI=1S/C9H20N5.ClH/c1-10-6-14(7-11-2)9-13-5-4-12(3)8-13;/h4-5,8,10-11H,6-7,9H2,1-3H3;1H/q+1;/p-1. The molecule has 0 aliphatic rings. The Morgan fingerprint density at radius 3 is 2.27 bits per heavy atom. The van der Waals surface area contributed by atoms with Crippen molar-refractivity contribution in [3.63, 3.8) is 0 Å². The van der Waals surface area contributed by atoms with Gasteiger partial charge in [-0.05, 0) is 14.1 Å². The highest BCUT2D eigenvalue weighted by atomic mass is 35.5. The Labute approximate surface area is 97.5 Å². The minimum absolute atomic E-state index is 0. The summed E-state index contributed by atoms with van der Waals surface area (Å²) in [7, 11) is 5.94. The molecule has 88 valence electrons. The second-order valence-electron chi connectivity index (χ2n) is 3.43. The van der Waals surface area contributed by atoms with Gasteiger partial charge in [0.05, 0.1) is 20.4 Å². The maximum atomic E-state index is 3.15. The number of imidazole rings is 1. The molecular weight excluding hydrogens is 214 g/mol. The summed E-state index contributed by atoms with van der Waals surface area (Å²) in [5.74, 6) is 0. The van der Waals surface area contributed by atoms with Crippen LogP contribution in [0.4, 0.5) is 0 Å². The van der Waals surface area contributed by atoms with Gasteiger partial charge in [0.1, 0.15) is 19.1 Å². The minimum Gasteiger partial charge on any atom is -1.00 e. The van der Waals surface area contributed by atoms with Crippen LogP contribution in [-0.4, -0.2) is 36.9 Å². The summed E-state index contributed by atoms with van der Waals surface area (Å²) in [5.41, 5.74) is 0. The van der Waals surface area contributed by atoms with Crippen LogP contribution < -0.4 is 27.6 Å². The summed E-state index contributed by atoms with van der Waals surface area (Å²) in [5, 5.41) is 6.29. The Hall–Kier alpha value is -0.620. The lowest BCUT2D eigenvalue weighted by molar-refractivity contribution is -0.671. The maximum absolute atomic E-state index is 3.15. The SMILES string of the molecule is CNCN(CNC)Cn1cc[n+](C)c1.[Cl-]. The van der Waals surface area contributed by atoms with Gasteiger partial charge in [-0.1, -0.05) is 0 Å². The van der Waals surface area contributed by atoms with Gasteiger partial charge in [0.2, 0.25) is 6.33 Å². The monoisotopic (exact) mass is 233 g/mol. The number of aryl methyl sites for hydroxylation is 1. The molecule has 0 bridgehead atoms. The molecule has 0 unspecified atom stereocenters. The molecule has 0 amide bonds. The Kier molecular flexibility index (Phi) is 7.33. The van der Waals surface area contributed by atoms with Crippen LogP contribution in [0.15, 0.2) is 18.7 Å². The van der Waals surface area contributed by atoms with Gasteiger partial charge >= 0.3 is 0 Å². The number of aromatic nitrogens is 2. The van der Waals surface area contributed by atoms with Crippen molar-refractivity contribution in [3.05, 3.63) is 18.7 Å². The van der Waals surface area contributed by atoms with Crippen molar-refractivity contribution in [2.75, 3.05) is 27.4 Å². The fourth-order valence-electron chi connectivity index (χ4n) is 1.42. The van der Waals surface area contributed by atoms with E-state index in [4.69, 9.17) is 0 Å². The van der Waals surface area contributed by atoms with E-state index in [0.717, 1.165) is 20.0 Å². The molecule has 0 aliphatic carbocycles. The lowest BCUT2D eigenvalue weighted by atomic mass is 10.7. The van der Waals surface area contributed by atoms with E-state index in [-0.39, 0.29) is 12.4 Å². The number of nitrogens with one attached hydrogen (secondary N) is 2. The first-order valence-corrected chi connectivity index (χ1v) is 4.79. The Morgan fingerprint density at radius 2 is 1.87 bits per heavy atom. The average Bonchev–Trinajstić information content (AvgIpc) is 2.52. The molecule has 6 heteroatoms. The second-order valence-corrected chi connectivity index (χ2v) is 3.43. The molecule has 2 N–H and O–H groups in total. The zero-order valence-corrected chi connectivity index (χ0v) is 10.3. The number of hydrogen-bond acceptors (Lipinski definition) is 3. The Bertz CT molecular complexity index is 257. The van der Waals surface area contributed by atoms with Crippen LogP contribution >= 0.6 is 0 Å². The third-order valence-corrected chi connectivity index (χ3v) is 1.95. The van der Waals surface area contributed by atoms with E-state index in [2.05, 4.69) is 32.6 Å². The van der Waals surface area contributed by atoms with Gasteiger partial charge in [0.15, 0.2) is 0 Å². The first-order valence-electron chi connectivity index (χ1n) is 4.79. The van der Waals surface area contributed by atoms with Gasteiger partial charge in [-0.15, -0.1) is 0 Å². The molecule has 1 aromatic rings. The summed E-state index contributed by atoms with van der Waals surface area (Å²) < 4.78 is 4.19. The van der Waals surface area contributed by atoms with E-state index in [9.17, 15) is 0 Å². The van der Waals surface area contributed by atoms with Gasteiger partial charge < -0.3 is 23.0 Å². The van der Waals surface area contributed by atoms with Crippen molar-refractivity contribution in [1.82, 2.24) is 20.1 Å². The maximum Gasteiger partial charge on any atom is 0.244 e. The quantitative estimate of drug-likeness (QED) is 0.388. The number of halogens is 1. The zero-order chi connectivity index (χ0) is 10.4. The molecule has 1 rings (SSSR count). The van der Waals surface area contributed by atoms with Crippen LogP contribution in [-0.2, 0) is 13.7 Å². The molecule has 15 heavy (non-hydrogen) atoms. The van der Waals surface area contributed by atoms with E-state index in [1.165, 1.54) is 0 Å². The Morgan fingerprint density at radius 1 is 1.27 bits per heavy atom. The van der Waals surface area contributed by atoms with Gasteiger partial charge in [0, 0.05) is 0 Å². The molecule has 0 aromatic carbocycles. The Balaban J connectivity index is 0.00000196. The third kappa shape index (κ3) is 5.13. The van der Waals surface area contributed by atoms with Gasteiger partial charge in [-0.25, -0.2) is 14.0 Å². The van der Waals surface area contributed by atoms with E-state index in [1.807, 2.05) is 31.9 Å². The largest absolute Gasteiger partial charge is 1.00 e. The number of rotatable bonds is 6. The van der Waals surface area contributed by atoms with Crippen LogP contribution in [0.5, 0.6) is 0 Å². The van der Waals surface area contributed by atoms with Crippen LogP contribution in [0.25, 0.3) is 0 Å². The van der Waals surface area contributed by atoms with E-state index < -0.39 is 0 Å². The minimum atomic E-state index is 0. The molecule has 1 aromatic heterocycles. The van der Waals surface area contributed by atoms with E-state index in [0.29, 0.717) is 0 Å². The number of nitrogens with zero attached hydrogens (tertiary/aromatic N) is 3. The topological polar surface area (TPSA) is 36.1 Å². The van der Waals surface area contributed by atoms with Crippen molar-refractivity contribution in [2.24, 2.45) is 7.05 Å². The molecule has 0 radical (unpaired) electrons. The fourth-order valence-corrected chi connectivity index (χ4v) is 1.42.